The van der Waals surface area contributed by atoms with Crippen LogP contribution in [-0.2, 0) is 0 Å². The predicted molar refractivity (Wildman–Crippen MR) is 139 cm³/mol. The van der Waals surface area contributed by atoms with E-state index < -0.39 is 0 Å². The van der Waals surface area contributed by atoms with Gasteiger partial charge in [-0.05, 0) is 79.6 Å². The van der Waals surface area contributed by atoms with Crippen molar-refractivity contribution < 1.29 is 0 Å². The number of hydrogen-bond donors (Lipinski definition) is 0. The summed E-state index contributed by atoms with van der Waals surface area (Å²) in [6, 6.07) is 1.37. The van der Waals surface area contributed by atoms with Crippen LogP contribution in [0.25, 0.3) is 0 Å². The Hall–Kier alpha value is -0.0800. The van der Waals surface area contributed by atoms with E-state index in [0.717, 1.165) is 0 Å². The molecule has 0 fully saturated rings. The smallest absolute Gasteiger partial charge is 0.00412 e. The summed E-state index contributed by atoms with van der Waals surface area (Å²) in [5.74, 6) is 0. The van der Waals surface area contributed by atoms with Crippen LogP contribution in [0, 0.1) is 0 Å². The molecule has 0 unspecified atom stereocenters. The largest absolute Gasteiger partial charge is 0.303 e. The van der Waals surface area contributed by atoms with Crippen molar-refractivity contribution >= 4 is 0 Å². The van der Waals surface area contributed by atoms with Gasteiger partial charge in [0.25, 0.3) is 0 Å². The molecular weight excluding hydrogens is 364 g/mol. The van der Waals surface area contributed by atoms with Crippen LogP contribution >= 0.6 is 0 Å². The van der Waals surface area contributed by atoms with Crippen LogP contribution in [0.4, 0.5) is 0 Å². The molecule has 0 amide bonds. The van der Waals surface area contributed by atoms with Gasteiger partial charge in [-0.2, -0.15) is 0 Å². The molecule has 0 aliphatic carbocycles. The van der Waals surface area contributed by atoms with Crippen molar-refractivity contribution in [1.82, 2.24) is 9.80 Å². The van der Waals surface area contributed by atoms with Crippen LogP contribution in [0.3, 0.4) is 0 Å². The molecule has 2 heteroatoms. The Kier molecular flexibility index (Phi) is 22.1. The van der Waals surface area contributed by atoms with Gasteiger partial charge < -0.3 is 4.90 Å². The molecule has 0 rings (SSSR count). The molecule has 0 spiro atoms. The van der Waals surface area contributed by atoms with Crippen LogP contribution in [-0.4, -0.2) is 48.1 Å². The van der Waals surface area contributed by atoms with Gasteiger partial charge in [0.2, 0.25) is 0 Å². The fraction of sp³-hybridized carbons (Fsp3) is 1.00. The fourth-order valence-electron chi connectivity index (χ4n) is 4.61. The van der Waals surface area contributed by atoms with Crippen molar-refractivity contribution in [2.45, 2.75) is 156 Å². The highest BCUT2D eigenvalue weighted by molar-refractivity contribution is 4.67. The summed E-state index contributed by atoms with van der Waals surface area (Å²) in [6.45, 7) is 19.2. The molecular formula is C28H60N2. The first-order chi connectivity index (χ1) is 14.5. The molecule has 0 saturated carbocycles. The summed E-state index contributed by atoms with van der Waals surface area (Å²) < 4.78 is 0. The minimum Gasteiger partial charge on any atom is -0.303 e. The number of nitrogens with zero attached hydrogens (tertiary/aromatic N) is 2. The van der Waals surface area contributed by atoms with E-state index in [-0.39, 0.29) is 0 Å². The van der Waals surface area contributed by atoms with Gasteiger partial charge in [0, 0.05) is 12.1 Å². The van der Waals surface area contributed by atoms with Crippen molar-refractivity contribution in [3.63, 3.8) is 0 Å². The minimum atomic E-state index is 0.686. The van der Waals surface area contributed by atoms with E-state index in [1.165, 1.54) is 129 Å². The van der Waals surface area contributed by atoms with Gasteiger partial charge in [-0.3, -0.25) is 4.90 Å². The van der Waals surface area contributed by atoms with E-state index >= 15 is 0 Å². The summed E-state index contributed by atoms with van der Waals surface area (Å²) in [7, 11) is 0. The molecule has 0 aromatic carbocycles. The maximum absolute atomic E-state index is 2.72. The van der Waals surface area contributed by atoms with Crippen molar-refractivity contribution in [3.05, 3.63) is 0 Å². The Labute approximate surface area is 192 Å². The van der Waals surface area contributed by atoms with Crippen LogP contribution in [0.5, 0.6) is 0 Å². The third kappa shape index (κ3) is 18.7. The molecule has 2 nitrogen and oxygen atoms in total. The monoisotopic (exact) mass is 424 g/mol. The van der Waals surface area contributed by atoms with E-state index in [1.807, 2.05) is 0 Å². The van der Waals surface area contributed by atoms with Gasteiger partial charge >= 0.3 is 0 Å². The van der Waals surface area contributed by atoms with Gasteiger partial charge in [0.05, 0.1) is 0 Å². The second-order valence-corrected chi connectivity index (χ2v) is 10.2. The van der Waals surface area contributed by atoms with Crippen LogP contribution in [0.2, 0.25) is 0 Å². The van der Waals surface area contributed by atoms with Crippen molar-refractivity contribution in [2.75, 3.05) is 26.2 Å². The first-order valence-corrected chi connectivity index (χ1v) is 14.0. The molecule has 0 aromatic heterocycles. The van der Waals surface area contributed by atoms with E-state index in [1.54, 1.807) is 0 Å². The molecule has 30 heavy (non-hydrogen) atoms. The number of hydrogen-bond acceptors (Lipinski definition) is 2. The van der Waals surface area contributed by atoms with Gasteiger partial charge in [0.1, 0.15) is 0 Å². The molecule has 0 heterocycles. The third-order valence-corrected chi connectivity index (χ3v) is 6.62. The normalized spacial score (nSPS) is 12.2. The lowest BCUT2D eigenvalue weighted by molar-refractivity contribution is 0.171. The lowest BCUT2D eigenvalue weighted by Crippen LogP contribution is -2.37. The quantitative estimate of drug-likeness (QED) is 0.151. The van der Waals surface area contributed by atoms with E-state index in [0.29, 0.717) is 12.1 Å². The lowest BCUT2D eigenvalue weighted by Gasteiger charge is -2.30. The van der Waals surface area contributed by atoms with Crippen LogP contribution < -0.4 is 0 Å². The highest BCUT2D eigenvalue weighted by atomic mass is 15.2. The summed E-state index contributed by atoms with van der Waals surface area (Å²) in [6.07, 6.45) is 22.7. The maximum Gasteiger partial charge on any atom is 0.00412 e. The molecule has 0 saturated heterocycles. The average molecular weight is 425 g/mol. The summed E-state index contributed by atoms with van der Waals surface area (Å²) in [4.78, 5) is 5.35. The zero-order valence-corrected chi connectivity index (χ0v) is 22.2. The second-order valence-electron chi connectivity index (χ2n) is 10.2. The molecule has 0 bridgehead atoms. The summed E-state index contributed by atoms with van der Waals surface area (Å²) >= 11 is 0. The highest BCUT2D eigenvalue weighted by Crippen LogP contribution is 2.14. The number of unbranched alkanes of at least 4 members (excludes halogenated alkanes) is 13. The minimum absolute atomic E-state index is 0.686. The van der Waals surface area contributed by atoms with E-state index in [4.69, 9.17) is 0 Å². The summed E-state index contributed by atoms with van der Waals surface area (Å²) in [5, 5.41) is 0. The van der Waals surface area contributed by atoms with Crippen molar-refractivity contribution in [3.8, 4) is 0 Å². The Balaban J connectivity index is 3.41. The van der Waals surface area contributed by atoms with Gasteiger partial charge in [0.15, 0.2) is 0 Å². The SMILES string of the molecule is CCCCN(CCCC)CCCCCCCCCCCCCCN(C(C)C)C(C)C. The third-order valence-electron chi connectivity index (χ3n) is 6.62. The van der Waals surface area contributed by atoms with Gasteiger partial charge in [-0.15, -0.1) is 0 Å². The first kappa shape index (κ1) is 29.9. The van der Waals surface area contributed by atoms with Crippen molar-refractivity contribution in [1.29, 1.82) is 0 Å². The molecule has 0 radical (unpaired) electrons. The first-order valence-electron chi connectivity index (χ1n) is 14.0. The van der Waals surface area contributed by atoms with Crippen LogP contribution in [0.15, 0.2) is 0 Å². The van der Waals surface area contributed by atoms with E-state index in [9.17, 15) is 0 Å². The fourth-order valence-corrected chi connectivity index (χ4v) is 4.61. The zero-order chi connectivity index (χ0) is 22.5. The Morgan fingerprint density at radius 3 is 1.03 bits per heavy atom. The Bertz CT molecular complexity index is 311. The molecule has 0 N–H and O–H groups in total. The van der Waals surface area contributed by atoms with Crippen LogP contribution in [0.1, 0.15) is 144 Å². The molecule has 0 aliphatic heterocycles. The molecule has 182 valence electrons. The molecule has 0 aromatic rings. The summed E-state index contributed by atoms with van der Waals surface area (Å²) in [5.41, 5.74) is 0. The lowest BCUT2D eigenvalue weighted by atomic mass is 10.0. The standard InChI is InChI=1S/C28H60N2/c1-7-9-23-29(24-10-8-2)25-21-19-17-15-13-11-12-14-16-18-20-22-26-30(27(3)4)28(5)6/h27-28H,7-26H2,1-6H3. The Morgan fingerprint density at radius 2 is 0.700 bits per heavy atom. The molecule has 0 atom stereocenters. The number of rotatable bonds is 23. The Morgan fingerprint density at radius 1 is 0.400 bits per heavy atom. The van der Waals surface area contributed by atoms with Gasteiger partial charge in [-0.25, -0.2) is 0 Å². The second kappa shape index (κ2) is 22.1. The maximum atomic E-state index is 2.72. The van der Waals surface area contributed by atoms with Gasteiger partial charge in [-0.1, -0.05) is 90.9 Å². The zero-order valence-electron chi connectivity index (χ0n) is 22.2. The topological polar surface area (TPSA) is 6.48 Å². The highest BCUT2D eigenvalue weighted by Gasteiger charge is 2.11. The van der Waals surface area contributed by atoms with E-state index in [2.05, 4.69) is 51.3 Å². The molecule has 0 aliphatic rings. The predicted octanol–water partition coefficient (Wildman–Crippen LogP) is 8.69. The van der Waals surface area contributed by atoms with Crippen molar-refractivity contribution in [2.24, 2.45) is 0 Å². The average Bonchev–Trinajstić information content (AvgIpc) is 2.71.